The molecule has 2 aromatic carbocycles. The lowest BCUT2D eigenvalue weighted by atomic mass is 10.1. The lowest BCUT2D eigenvalue weighted by Gasteiger charge is -2.13. The fourth-order valence-corrected chi connectivity index (χ4v) is 3.12. The summed E-state index contributed by atoms with van der Waals surface area (Å²) in [5.41, 5.74) is 6.53. The van der Waals surface area contributed by atoms with Crippen LogP contribution in [0.5, 0.6) is 0 Å². The summed E-state index contributed by atoms with van der Waals surface area (Å²) in [7, 11) is 0. The van der Waals surface area contributed by atoms with E-state index in [1.165, 1.54) is 16.7 Å². The molecule has 5 nitrogen and oxygen atoms in total. The van der Waals surface area contributed by atoms with E-state index < -0.39 is 0 Å². The quantitative estimate of drug-likeness (QED) is 0.582. The van der Waals surface area contributed by atoms with Gasteiger partial charge in [-0.3, -0.25) is 0 Å². The molecule has 0 atom stereocenters. The van der Waals surface area contributed by atoms with Gasteiger partial charge in [-0.05, 0) is 44.9 Å². The summed E-state index contributed by atoms with van der Waals surface area (Å²) >= 11 is 0. The molecule has 4 aromatic rings. The summed E-state index contributed by atoms with van der Waals surface area (Å²) < 4.78 is 1.77. The number of hydrogen-bond donors (Lipinski definition) is 1. The van der Waals surface area contributed by atoms with Crippen LogP contribution in [0.4, 0.5) is 11.5 Å². The highest BCUT2D eigenvalue weighted by Crippen LogP contribution is 2.26. The molecule has 2 heterocycles. The van der Waals surface area contributed by atoms with Gasteiger partial charge in [0.05, 0.1) is 0 Å². The first-order valence-electron chi connectivity index (χ1n) is 8.66. The maximum absolute atomic E-state index is 4.70. The van der Waals surface area contributed by atoms with Gasteiger partial charge in [0.2, 0.25) is 0 Å². The number of nitrogens with one attached hydrogen (secondary N) is 1. The third-order valence-electron chi connectivity index (χ3n) is 4.45. The zero-order chi connectivity index (χ0) is 18.3. The largest absolute Gasteiger partial charge is 0.340 e. The fourth-order valence-electron chi connectivity index (χ4n) is 3.12. The van der Waals surface area contributed by atoms with Crippen molar-refractivity contribution < 1.29 is 0 Å². The number of anilines is 2. The van der Waals surface area contributed by atoms with Crippen LogP contribution in [0.15, 0.2) is 48.5 Å². The Morgan fingerprint density at radius 2 is 1.58 bits per heavy atom. The first-order valence-corrected chi connectivity index (χ1v) is 8.66. The number of para-hydroxylation sites is 1. The summed E-state index contributed by atoms with van der Waals surface area (Å²) in [6, 6.07) is 16.4. The average Bonchev–Trinajstić information content (AvgIpc) is 3.02. The second-order valence-electron chi connectivity index (χ2n) is 6.69. The Hall–Kier alpha value is -3.21. The molecule has 1 N–H and O–H groups in total. The summed E-state index contributed by atoms with van der Waals surface area (Å²) in [4.78, 5) is 9.17. The molecular weight excluding hydrogens is 322 g/mol. The lowest BCUT2D eigenvalue weighted by Crippen LogP contribution is -2.04. The smallest absolute Gasteiger partial charge is 0.254 e. The highest BCUT2D eigenvalue weighted by molar-refractivity contribution is 5.67. The molecule has 26 heavy (non-hydrogen) atoms. The molecule has 5 heteroatoms. The molecule has 0 aliphatic rings. The van der Waals surface area contributed by atoms with Crippen LogP contribution in [0, 0.1) is 27.7 Å². The van der Waals surface area contributed by atoms with Crippen LogP contribution < -0.4 is 5.32 Å². The highest BCUT2D eigenvalue weighted by atomic mass is 15.4. The van der Waals surface area contributed by atoms with E-state index in [1.54, 1.807) is 4.52 Å². The van der Waals surface area contributed by atoms with Crippen LogP contribution in [0.25, 0.3) is 17.2 Å². The Kier molecular flexibility index (Phi) is 3.92. The van der Waals surface area contributed by atoms with Gasteiger partial charge in [0.1, 0.15) is 5.82 Å². The van der Waals surface area contributed by atoms with E-state index in [2.05, 4.69) is 66.4 Å². The highest BCUT2D eigenvalue weighted by Gasteiger charge is 2.13. The van der Waals surface area contributed by atoms with E-state index >= 15 is 0 Å². The third-order valence-corrected chi connectivity index (χ3v) is 4.45. The zero-order valence-corrected chi connectivity index (χ0v) is 15.4. The number of aromatic nitrogens is 4. The molecule has 0 aliphatic carbocycles. The number of rotatable bonds is 3. The molecule has 0 radical (unpaired) electrons. The van der Waals surface area contributed by atoms with Crippen molar-refractivity contribution >= 4 is 17.3 Å². The van der Waals surface area contributed by atoms with Crippen LogP contribution in [0.2, 0.25) is 0 Å². The number of nitrogens with zero attached hydrogens (tertiary/aromatic N) is 4. The van der Waals surface area contributed by atoms with E-state index in [9.17, 15) is 0 Å². The monoisotopic (exact) mass is 343 g/mol. The molecule has 130 valence electrons. The van der Waals surface area contributed by atoms with Crippen molar-refractivity contribution in [2.45, 2.75) is 27.7 Å². The molecular formula is C21H21N5. The van der Waals surface area contributed by atoms with E-state index in [-0.39, 0.29) is 0 Å². The van der Waals surface area contributed by atoms with Crippen LogP contribution in [0.3, 0.4) is 0 Å². The minimum absolute atomic E-state index is 0.593. The molecule has 0 aliphatic heterocycles. The number of aryl methyl sites for hydroxylation is 4. The molecule has 0 spiro atoms. The second kappa shape index (κ2) is 6.26. The van der Waals surface area contributed by atoms with Crippen molar-refractivity contribution in [3.05, 3.63) is 70.9 Å². The van der Waals surface area contributed by atoms with Gasteiger partial charge in [-0.15, -0.1) is 5.10 Å². The molecule has 2 aromatic heterocycles. The first-order chi connectivity index (χ1) is 12.5. The Balaban J connectivity index is 1.85. The summed E-state index contributed by atoms with van der Waals surface area (Å²) in [6.45, 7) is 8.23. The lowest BCUT2D eigenvalue weighted by molar-refractivity contribution is 0.939. The van der Waals surface area contributed by atoms with Crippen molar-refractivity contribution in [2.75, 3.05) is 5.32 Å². The van der Waals surface area contributed by atoms with Crippen molar-refractivity contribution in [3.8, 4) is 11.4 Å². The molecule has 0 amide bonds. The molecule has 0 unspecified atom stereocenters. The van der Waals surface area contributed by atoms with Gasteiger partial charge >= 0.3 is 0 Å². The van der Waals surface area contributed by atoms with E-state index in [0.717, 1.165) is 22.8 Å². The Morgan fingerprint density at radius 3 is 2.31 bits per heavy atom. The Bertz CT molecular complexity index is 1090. The summed E-state index contributed by atoms with van der Waals surface area (Å²) in [6.07, 6.45) is 0. The predicted octanol–water partition coefficient (Wildman–Crippen LogP) is 4.77. The normalized spacial score (nSPS) is 11.1. The van der Waals surface area contributed by atoms with E-state index in [4.69, 9.17) is 5.10 Å². The zero-order valence-electron chi connectivity index (χ0n) is 15.4. The number of hydrogen-bond acceptors (Lipinski definition) is 4. The summed E-state index contributed by atoms with van der Waals surface area (Å²) in [5.74, 6) is 2.13. The van der Waals surface area contributed by atoms with Crippen molar-refractivity contribution in [1.82, 2.24) is 19.6 Å². The van der Waals surface area contributed by atoms with Gasteiger partial charge < -0.3 is 5.32 Å². The minimum Gasteiger partial charge on any atom is -0.340 e. The average molecular weight is 343 g/mol. The topological polar surface area (TPSA) is 55.1 Å². The van der Waals surface area contributed by atoms with Crippen molar-refractivity contribution in [1.29, 1.82) is 0 Å². The third kappa shape index (κ3) is 2.92. The SMILES string of the molecule is Cc1cccc(-c2nc3nc(C)cc(Nc4c(C)cccc4C)n3n2)c1. The number of fused-ring (bicyclic) bond motifs is 1. The standard InChI is InChI=1S/C21H21N5/c1-13-7-5-10-17(11-13)20-24-21-22-16(4)12-18(26(21)25-20)23-19-14(2)8-6-9-15(19)3/h5-12,23H,1-4H3. The Labute approximate surface area is 152 Å². The van der Waals surface area contributed by atoms with E-state index in [1.807, 2.05) is 25.1 Å². The molecule has 4 rings (SSSR count). The van der Waals surface area contributed by atoms with Gasteiger partial charge in [0.15, 0.2) is 5.82 Å². The number of benzene rings is 2. The van der Waals surface area contributed by atoms with Crippen molar-refractivity contribution in [2.24, 2.45) is 0 Å². The van der Waals surface area contributed by atoms with Crippen LogP contribution in [0.1, 0.15) is 22.4 Å². The maximum Gasteiger partial charge on any atom is 0.254 e. The van der Waals surface area contributed by atoms with Gasteiger partial charge in [-0.1, -0.05) is 42.0 Å². The van der Waals surface area contributed by atoms with Crippen LogP contribution in [-0.2, 0) is 0 Å². The Morgan fingerprint density at radius 1 is 0.846 bits per heavy atom. The van der Waals surface area contributed by atoms with Gasteiger partial charge in [-0.2, -0.15) is 9.50 Å². The summed E-state index contributed by atoms with van der Waals surface area (Å²) in [5, 5.41) is 8.22. The predicted molar refractivity (Wildman–Crippen MR) is 105 cm³/mol. The second-order valence-corrected chi connectivity index (χ2v) is 6.69. The van der Waals surface area contributed by atoms with Gasteiger partial charge in [0.25, 0.3) is 5.78 Å². The van der Waals surface area contributed by atoms with Crippen LogP contribution in [-0.4, -0.2) is 19.6 Å². The maximum atomic E-state index is 4.70. The minimum atomic E-state index is 0.593. The van der Waals surface area contributed by atoms with Gasteiger partial charge in [0, 0.05) is 23.0 Å². The molecule has 0 saturated heterocycles. The molecule has 0 saturated carbocycles. The molecule has 0 bridgehead atoms. The van der Waals surface area contributed by atoms with Crippen molar-refractivity contribution in [3.63, 3.8) is 0 Å². The van der Waals surface area contributed by atoms with Crippen LogP contribution >= 0.6 is 0 Å². The van der Waals surface area contributed by atoms with E-state index in [0.29, 0.717) is 11.6 Å². The van der Waals surface area contributed by atoms with Gasteiger partial charge in [-0.25, -0.2) is 4.98 Å². The first kappa shape index (κ1) is 16.3. The molecule has 0 fully saturated rings. The fraction of sp³-hybridized carbons (Fsp3) is 0.190.